The maximum atomic E-state index is 12.6. The van der Waals surface area contributed by atoms with E-state index in [1.807, 2.05) is 0 Å². The third kappa shape index (κ3) is 3.99. The van der Waals surface area contributed by atoms with Gasteiger partial charge in [-0.05, 0) is 60.7 Å². The molecular weight excluding hydrogens is 328 g/mol. The standard InChI is InChI=1S/C20H18N4O2/c21-13-5-9-15(10-6-13)23-19(25)17-3-1-2-4-18(17)20(26)24-16-11-7-14(22)8-12-16/h1-12H,21-22H2,(H,23,25)(H,24,26). The highest BCUT2D eigenvalue weighted by molar-refractivity contribution is 6.15. The molecule has 0 saturated carbocycles. The fourth-order valence-electron chi connectivity index (χ4n) is 2.41. The molecule has 3 rings (SSSR count). The largest absolute Gasteiger partial charge is 0.399 e. The Labute approximate surface area is 150 Å². The van der Waals surface area contributed by atoms with E-state index < -0.39 is 0 Å². The van der Waals surface area contributed by atoms with Crippen molar-refractivity contribution in [2.75, 3.05) is 22.1 Å². The number of nitrogens with two attached hydrogens (primary N) is 2. The molecule has 6 nitrogen and oxygen atoms in total. The first-order chi connectivity index (χ1) is 12.5. The Bertz CT molecular complexity index is 856. The van der Waals surface area contributed by atoms with Gasteiger partial charge >= 0.3 is 0 Å². The lowest BCUT2D eigenvalue weighted by molar-refractivity contribution is 0.0990. The van der Waals surface area contributed by atoms with E-state index in [1.165, 1.54) is 0 Å². The van der Waals surface area contributed by atoms with Crippen LogP contribution in [0.2, 0.25) is 0 Å². The summed E-state index contributed by atoms with van der Waals surface area (Å²) in [4.78, 5) is 25.2. The van der Waals surface area contributed by atoms with E-state index in [0.717, 1.165) is 0 Å². The van der Waals surface area contributed by atoms with Crippen molar-refractivity contribution in [2.45, 2.75) is 0 Å². The molecule has 0 fully saturated rings. The molecule has 0 aliphatic carbocycles. The fourth-order valence-corrected chi connectivity index (χ4v) is 2.41. The summed E-state index contributed by atoms with van der Waals surface area (Å²) in [6.07, 6.45) is 0. The zero-order valence-electron chi connectivity index (χ0n) is 13.9. The summed E-state index contributed by atoms with van der Waals surface area (Å²) in [6.45, 7) is 0. The number of hydrogen-bond acceptors (Lipinski definition) is 4. The number of nitrogen functional groups attached to an aromatic ring is 2. The minimum Gasteiger partial charge on any atom is -0.399 e. The van der Waals surface area contributed by atoms with Crippen molar-refractivity contribution in [2.24, 2.45) is 0 Å². The van der Waals surface area contributed by atoms with Gasteiger partial charge in [0, 0.05) is 22.7 Å². The highest BCUT2D eigenvalue weighted by Crippen LogP contribution is 2.17. The lowest BCUT2D eigenvalue weighted by Gasteiger charge is -2.11. The van der Waals surface area contributed by atoms with Crippen molar-refractivity contribution in [3.63, 3.8) is 0 Å². The minimum absolute atomic E-state index is 0.275. The summed E-state index contributed by atoms with van der Waals surface area (Å²) in [7, 11) is 0. The average molecular weight is 346 g/mol. The van der Waals surface area contributed by atoms with E-state index in [0.29, 0.717) is 22.7 Å². The Morgan fingerprint density at radius 2 is 0.923 bits per heavy atom. The molecule has 0 aliphatic heterocycles. The number of benzene rings is 3. The van der Waals surface area contributed by atoms with Gasteiger partial charge in [0.25, 0.3) is 11.8 Å². The Kier molecular flexibility index (Phi) is 4.85. The van der Waals surface area contributed by atoms with Crippen LogP contribution in [0.4, 0.5) is 22.7 Å². The molecule has 0 atom stereocenters. The molecule has 0 heterocycles. The predicted octanol–water partition coefficient (Wildman–Crippen LogP) is 3.36. The van der Waals surface area contributed by atoms with Crippen LogP contribution in [0.15, 0.2) is 72.8 Å². The predicted molar refractivity (Wildman–Crippen MR) is 104 cm³/mol. The van der Waals surface area contributed by atoms with Gasteiger partial charge in [0.05, 0.1) is 11.1 Å². The molecule has 0 bridgehead atoms. The molecule has 0 spiro atoms. The fraction of sp³-hybridized carbons (Fsp3) is 0. The molecule has 6 N–H and O–H groups in total. The second-order valence-corrected chi connectivity index (χ2v) is 5.70. The number of amides is 2. The Hall–Kier alpha value is -3.80. The molecule has 0 saturated heterocycles. The first kappa shape index (κ1) is 17.0. The van der Waals surface area contributed by atoms with Gasteiger partial charge < -0.3 is 22.1 Å². The zero-order valence-corrected chi connectivity index (χ0v) is 13.9. The van der Waals surface area contributed by atoms with Crippen LogP contribution in [0.1, 0.15) is 20.7 Å². The van der Waals surface area contributed by atoms with E-state index in [1.54, 1.807) is 72.8 Å². The Morgan fingerprint density at radius 1 is 0.577 bits per heavy atom. The number of carbonyl (C=O) groups is 2. The normalized spacial score (nSPS) is 10.2. The van der Waals surface area contributed by atoms with Gasteiger partial charge in [-0.1, -0.05) is 12.1 Å². The second-order valence-electron chi connectivity index (χ2n) is 5.70. The maximum Gasteiger partial charge on any atom is 0.256 e. The van der Waals surface area contributed by atoms with Gasteiger partial charge in [-0.3, -0.25) is 9.59 Å². The van der Waals surface area contributed by atoms with Crippen LogP contribution >= 0.6 is 0 Å². The minimum atomic E-state index is -0.377. The van der Waals surface area contributed by atoms with Crippen LogP contribution in [-0.4, -0.2) is 11.8 Å². The van der Waals surface area contributed by atoms with Crippen molar-refractivity contribution in [1.29, 1.82) is 0 Å². The molecular formula is C20H18N4O2. The summed E-state index contributed by atoms with van der Waals surface area (Å²) in [5.41, 5.74) is 14.2. The van der Waals surface area contributed by atoms with Crippen molar-refractivity contribution in [1.82, 2.24) is 0 Å². The molecule has 130 valence electrons. The number of anilines is 4. The van der Waals surface area contributed by atoms with Crippen LogP contribution in [-0.2, 0) is 0 Å². The van der Waals surface area contributed by atoms with Gasteiger partial charge in [-0.2, -0.15) is 0 Å². The van der Waals surface area contributed by atoms with E-state index in [4.69, 9.17) is 11.5 Å². The molecule has 3 aromatic rings. The number of nitrogens with one attached hydrogen (secondary N) is 2. The first-order valence-corrected chi connectivity index (χ1v) is 7.96. The van der Waals surface area contributed by atoms with Crippen molar-refractivity contribution >= 4 is 34.6 Å². The second kappa shape index (κ2) is 7.40. The first-order valence-electron chi connectivity index (χ1n) is 7.96. The summed E-state index contributed by atoms with van der Waals surface area (Å²) >= 11 is 0. The number of hydrogen-bond donors (Lipinski definition) is 4. The van der Waals surface area contributed by atoms with Crippen molar-refractivity contribution in [3.8, 4) is 0 Å². The number of rotatable bonds is 4. The maximum absolute atomic E-state index is 12.6. The quantitative estimate of drug-likeness (QED) is 0.543. The third-order valence-corrected chi connectivity index (χ3v) is 3.75. The summed E-state index contributed by atoms with van der Waals surface area (Å²) in [6, 6.07) is 20.2. The highest BCUT2D eigenvalue weighted by Gasteiger charge is 2.17. The van der Waals surface area contributed by atoms with Gasteiger partial charge in [0.2, 0.25) is 0 Å². The van der Waals surface area contributed by atoms with Crippen molar-refractivity contribution < 1.29 is 9.59 Å². The highest BCUT2D eigenvalue weighted by atomic mass is 16.2. The third-order valence-electron chi connectivity index (χ3n) is 3.75. The molecule has 0 aliphatic rings. The van der Waals surface area contributed by atoms with Gasteiger partial charge in [-0.25, -0.2) is 0 Å². The Morgan fingerprint density at radius 3 is 1.27 bits per heavy atom. The molecule has 3 aromatic carbocycles. The van der Waals surface area contributed by atoms with Gasteiger partial charge in [-0.15, -0.1) is 0 Å². The van der Waals surface area contributed by atoms with Crippen LogP contribution < -0.4 is 22.1 Å². The van der Waals surface area contributed by atoms with E-state index >= 15 is 0 Å². The van der Waals surface area contributed by atoms with Crippen LogP contribution in [0, 0.1) is 0 Å². The average Bonchev–Trinajstić information content (AvgIpc) is 2.65. The van der Waals surface area contributed by atoms with Crippen LogP contribution in [0.25, 0.3) is 0 Å². The monoisotopic (exact) mass is 346 g/mol. The van der Waals surface area contributed by atoms with Gasteiger partial charge in [0.1, 0.15) is 0 Å². The van der Waals surface area contributed by atoms with E-state index in [9.17, 15) is 9.59 Å². The van der Waals surface area contributed by atoms with Gasteiger partial charge in [0.15, 0.2) is 0 Å². The zero-order chi connectivity index (χ0) is 18.5. The molecule has 6 heteroatoms. The van der Waals surface area contributed by atoms with Crippen molar-refractivity contribution in [3.05, 3.63) is 83.9 Å². The van der Waals surface area contributed by atoms with Crippen LogP contribution in [0.5, 0.6) is 0 Å². The SMILES string of the molecule is Nc1ccc(NC(=O)c2ccccc2C(=O)Nc2ccc(N)cc2)cc1. The molecule has 2 amide bonds. The van der Waals surface area contributed by atoms with E-state index in [2.05, 4.69) is 10.6 Å². The summed E-state index contributed by atoms with van der Waals surface area (Å²) in [5, 5.41) is 5.52. The summed E-state index contributed by atoms with van der Waals surface area (Å²) < 4.78 is 0. The molecule has 26 heavy (non-hydrogen) atoms. The lowest BCUT2D eigenvalue weighted by Crippen LogP contribution is -2.20. The summed E-state index contributed by atoms with van der Waals surface area (Å²) in [5.74, 6) is -0.754. The lowest BCUT2D eigenvalue weighted by atomic mass is 10.1. The Balaban J connectivity index is 1.80. The van der Waals surface area contributed by atoms with E-state index in [-0.39, 0.29) is 22.9 Å². The molecule has 0 unspecified atom stereocenters. The van der Waals surface area contributed by atoms with Crippen LogP contribution in [0.3, 0.4) is 0 Å². The smallest absolute Gasteiger partial charge is 0.256 e. The topological polar surface area (TPSA) is 110 Å². The number of carbonyl (C=O) groups excluding carboxylic acids is 2. The molecule has 0 aromatic heterocycles. The molecule has 0 radical (unpaired) electrons.